The summed E-state index contributed by atoms with van der Waals surface area (Å²) >= 11 is 0. The molecule has 0 heterocycles. The van der Waals surface area contributed by atoms with Gasteiger partial charge in [-0.1, -0.05) is 6.07 Å². The lowest BCUT2D eigenvalue weighted by Crippen LogP contribution is -2.12. The molecule has 0 amide bonds. The molecule has 0 saturated carbocycles. The molecular weight excluding hydrogens is 345 g/mol. The fourth-order valence-corrected chi connectivity index (χ4v) is 2.52. The molecule has 3 aromatic rings. The molecule has 0 saturated heterocycles. The van der Waals surface area contributed by atoms with E-state index in [1.54, 1.807) is 42.5 Å². The van der Waals surface area contributed by atoms with Gasteiger partial charge in [0.05, 0.1) is 5.56 Å². The average Bonchev–Trinajstić information content (AvgIpc) is 2.68. The highest BCUT2D eigenvalue weighted by atomic mass is 19.1. The van der Waals surface area contributed by atoms with Gasteiger partial charge in [0.15, 0.2) is 5.78 Å². The average molecular weight is 363 g/mol. The maximum Gasteiger partial charge on any atom is 0.343 e. The van der Waals surface area contributed by atoms with Crippen molar-refractivity contribution >= 4 is 17.4 Å². The molecule has 0 N–H and O–H groups in total. The van der Waals surface area contributed by atoms with Crippen LogP contribution in [0.3, 0.4) is 0 Å². The van der Waals surface area contributed by atoms with Gasteiger partial charge in [0, 0.05) is 30.9 Å². The van der Waals surface area contributed by atoms with Crippen molar-refractivity contribution in [1.82, 2.24) is 0 Å². The van der Waals surface area contributed by atoms with E-state index in [0.29, 0.717) is 22.4 Å². The molecule has 3 aromatic carbocycles. The molecule has 3 rings (SSSR count). The number of benzene rings is 3. The van der Waals surface area contributed by atoms with Crippen LogP contribution in [0.25, 0.3) is 0 Å². The summed E-state index contributed by atoms with van der Waals surface area (Å²) in [6, 6.07) is 18.7. The highest BCUT2D eigenvalue weighted by molar-refractivity contribution is 6.09. The van der Waals surface area contributed by atoms with Crippen molar-refractivity contribution in [3.63, 3.8) is 0 Å². The zero-order valence-electron chi connectivity index (χ0n) is 15.0. The molecule has 0 spiro atoms. The summed E-state index contributed by atoms with van der Waals surface area (Å²) in [5.41, 5.74) is 2.15. The standard InChI is InChI=1S/C22H18FNO3/c1-24(2)19-5-3-4-17(14-19)22(26)27-20-12-8-16(9-13-20)21(25)15-6-10-18(23)11-7-15/h3-14H,1-2H3. The molecule has 0 atom stereocenters. The lowest BCUT2D eigenvalue weighted by molar-refractivity contribution is 0.0734. The summed E-state index contributed by atoms with van der Waals surface area (Å²) in [7, 11) is 3.78. The minimum absolute atomic E-state index is 0.230. The molecule has 0 fully saturated rings. The van der Waals surface area contributed by atoms with E-state index in [9.17, 15) is 14.0 Å². The summed E-state index contributed by atoms with van der Waals surface area (Å²) in [5.74, 6) is -0.763. The van der Waals surface area contributed by atoms with Gasteiger partial charge in [0.25, 0.3) is 0 Å². The Kier molecular flexibility index (Phi) is 5.31. The third-order valence-corrected chi connectivity index (χ3v) is 4.03. The van der Waals surface area contributed by atoms with Gasteiger partial charge in [-0.15, -0.1) is 0 Å². The Hall–Kier alpha value is -3.47. The van der Waals surface area contributed by atoms with Crippen LogP contribution < -0.4 is 9.64 Å². The molecule has 27 heavy (non-hydrogen) atoms. The Balaban J connectivity index is 1.72. The Morgan fingerprint density at radius 3 is 2.00 bits per heavy atom. The Morgan fingerprint density at radius 1 is 0.815 bits per heavy atom. The highest BCUT2D eigenvalue weighted by Crippen LogP contribution is 2.19. The number of hydrogen-bond donors (Lipinski definition) is 0. The number of esters is 1. The number of ketones is 1. The van der Waals surface area contributed by atoms with Crippen molar-refractivity contribution in [3.8, 4) is 5.75 Å². The monoisotopic (exact) mass is 363 g/mol. The number of nitrogens with zero attached hydrogens (tertiary/aromatic N) is 1. The molecule has 0 aliphatic heterocycles. The van der Waals surface area contributed by atoms with E-state index in [1.165, 1.54) is 24.3 Å². The maximum atomic E-state index is 13.0. The second-order valence-corrected chi connectivity index (χ2v) is 6.19. The lowest BCUT2D eigenvalue weighted by Gasteiger charge is -2.13. The zero-order valence-corrected chi connectivity index (χ0v) is 15.0. The first-order valence-electron chi connectivity index (χ1n) is 8.34. The van der Waals surface area contributed by atoms with Crippen molar-refractivity contribution in [2.24, 2.45) is 0 Å². The van der Waals surface area contributed by atoms with Crippen molar-refractivity contribution in [1.29, 1.82) is 0 Å². The maximum absolute atomic E-state index is 13.0. The number of halogens is 1. The quantitative estimate of drug-likeness (QED) is 0.384. The number of rotatable bonds is 5. The smallest absolute Gasteiger partial charge is 0.343 e. The predicted molar refractivity (Wildman–Crippen MR) is 102 cm³/mol. The number of carbonyl (C=O) groups excluding carboxylic acids is 2. The van der Waals surface area contributed by atoms with Crippen LogP contribution >= 0.6 is 0 Å². The SMILES string of the molecule is CN(C)c1cccc(C(=O)Oc2ccc(C(=O)c3ccc(F)cc3)cc2)c1. The van der Waals surface area contributed by atoms with Crippen LogP contribution in [-0.4, -0.2) is 25.8 Å². The molecular formula is C22H18FNO3. The molecule has 0 aliphatic rings. The Labute approximate surface area is 156 Å². The van der Waals surface area contributed by atoms with E-state index in [4.69, 9.17) is 4.74 Å². The predicted octanol–water partition coefficient (Wildman–Crippen LogP) is 4.34. The molecule has 0 aromatic heterocycles. The topological polar surface area (TPSA) is 46.6 Å². The van der Waals surface area contributed by atoms with Crippen LogP contribution in [-0.2, 0) is 0 Å². The van der Waals surface area contributed by atoms with E-state index in [1.807, 2.05) is 25.1 Å². The van der Waals surface area contributed by atoms with Gasteiger partial charge >= 0.3 is 5.97 Å². The minimum Gasteiger partial charge on any atom is -0.423 e. The third kappa shape index (κ3) is 4.39. The number of anilines is 1. The number of hydrogen-bond acceptors (Lipinski definition) is 4. The molecule has 0 radical (unpaired) electrons. The lowest BCUT2D eigenvalue weighted by atomic mass is 10.0. The summed E-state index contributed by atoms with van der Waals surface area (Å²) in [6.07, 6.45) is 0. The Bertz CT molecular complexity index is 964. The van der Waals surface area contributed by atoms with Gasteiger partial charge in [-0.05, 0) is 66.7 Å². The normalized spacial score (nSPS) is 10.3. The molecule has 5 heteroatoms. The Morgan fingerprint density at radius 2 is 1.41 bits per heavy atom. The first kappa shape index (κ1) is 18.3. The molecule has 0 aliphatic carbocycles. The van der Waals surface area contributed by atoms with E-state index >= 15 is 0 Å². The summed E-state index contributed by atoms with van der Waals surface area (Å²) < 4.78 is 18.3. The van der Waals surface area contributed by atoms with Crippen LogP contribution in [0.15, 0.2) is 72.8 Å². The number of ether oxygens (including phenoxy) is 1. The zero-order chi connectivity index (χ0) is 19.4. The largest absolute Gasteiger partial charge is 0.423 e. The van der Waals surface area contributed by atoms with E-state index in [2.05, 4.69) is 0 Å². The fourth-order valence-electron chi connectivity index (χ4n) is 2.52. The second-order valence-electron chi connectivity index (χ2n) is 6.19. The van der Waals surface area contributed by atoms with Gasteiger partial charge in [0.2, 0.25) is 0 Å². The minimum atomic E-state index is -0.476. The van der Waals surface area contributed by atoms with Crippen LogP contribution in [0.2, 0.25) is 0 Å². The van der Waals surface area contributed by atoms with Crippen molar-refractivity contribution in [3.05, 3.63) is 95.3 Å². The summed E-state index contributed by atoms with van der Waals surface area (Å²) in [6.45, 7) is 0. The molecule has 4 nitrogen and oxygen atoms in total. The van der Waals surface area contributed by atoms with Gasteiger partial charge in [-0.3, -0.25) is 4.79 Å². The summed E-state index contributed by atoms with van der Waals surface area (Å²) in [4.78, 5) is 26.6. The van der Waals surface area contributed by atoms with Crippen LogP contribution in [0.1, 0.15) is 26.3 Å². The van der Waals surface area contributed by atoms with Crippen molar-refractivity contribution in [2.75, 3.05) is 19.0 Å². The van der Waals surface area contributed by atoms with Gasteiger partial charge in [-0.2, -0.15) is 0 Å². The van der Waals surface area contributed by atoms with Crippen LogP contribution in [0, 0.1) is 5.82 Å². The van der Waals surface area contributed by atoms with Gasteiger partial charge < -0.3 is 9.64 Å². The van der Waals surface area contributed by atoms with Gasteiger partial charge in [0.1, 0.15) is 11.6 Å². The van der Waals surface area contributed by atoms with Crippen molar-refractivity contribution in [2.45, 2.75) is 0 Å². The second kappa shape index (κ2) is 7.83. The van der Waals surface area contributed by atoms with Crippen LogP contribution in [0.5, 0.6) is 5.75 Å². The molecule has 0 unspecified atom stereocenters. The first-order chi connectivity index (χ1) is 12.9. The third-order valence-electron chi connectivity index (χ3n) is 4.03. The highest BCUT2D eigenvalue weighted by Gasteiger charge is 2.12. The fraction of sp³-hybridized carbons (Fsp3) is 0.0909. The first-order valence-corrected chi connectivity index (χ1v) is 8.34. The van der Waals surface area contributed by atoms with Crippen molar-refractivity contribution < 1.29 is 18.7 Å². The molecule has 0 bridgehead atoms. The summed E-state index contributed by atoms with van der Waals surface area (Å²) in [5, 5.41) is 0. The number of carbonyl (C=O) groups is 2. The van der Waals surface area contributed by atoms with E-state index in [-0.39, 0.29) is 5.78 Å². The van der Waals surface area contributed by atoms with E-state index in [0.717, 1.165) is 5.69 Å². The van der Waals surface area contributed by atoms with Crippen LogP contribution in [0.4, 0.5) is 10.1 Å². The van der Waals surface area contributed by atoms with E-state index < -0.39 is 11.8 Å². The molecule has 136 valence electrons. The van der Waals surface area contributed by atoms with Gasteiger partial charge in [-0.25, -0.2) is 9.18 Å².